The molecule has 1 atom stereocenters. The number of aromatic nitrogens is 4. The summed E-state index contributed by atoms with van der Waals surface area (Å²) < 4.78 is 5.28. The van der Waals surface area contributed by atoms with Crippen LogP contribution in [0.3, 0.4) is 0 Å². The summed E-state index contributed by atoms with van der Waals surface area (Å²) in [5.74, 6) is 1.42. The second-order valence-electron chi connectivity index (χ2n) is 5.38. The summed E-state index contributed by atoms with van der Waals surface area (Å²) in [5.41, 5.74) is 0.879. The van der Waals surface area contributed by atoms with E-state index in [-0.39, 0.29) is 0 Å². The fourth-order valence-electron chi connectivity index (χ4n) is 2.64. The first-order valence-electron chi connectivity index (χ1n) is 7.33. The molecule has 0 radical (unpaired) electrons. The van der Waals surface area contributed by atoms with Gasteiger partial charge in [0.15, 0.2) is 5.89 Å². The van der Waals surface area contributed by atoms with Crippen LogP contribution in [0.25, 0.3) is 0 Å². The number of rotatable bonds is 5. The Kier molecular flexibility index (Phi) is 4.40. The zero-order valence-corrected chi connectivity index (χ0v) is 12.2. The summed E-state index contributed by atoms with van der Waals surface area (Å²) in [6.07, 6.45) is 8.13. The molecule has 1 N–H and O–H groups in total. The van der Waals surface area contributed by atoms with Crippen molar-refractivity contribution in [3.63, 3.8) is 0 Å². The maximum atomic E-state index is 5.28. The zero-order valence-electron chi connectivity index (χ0n) is 12.2. The molecule has 0 aliphatic carbocycles. The van der Waals surface area contributed by atoms with Crippen molar-refractivity contribution < 1.29 is 4.42 Å². The van der Waals surface area contributed by atoms with Crippen LogP contribution in [-0.4, -0.2) is 50.7 Å². The van der Waals surface area contributed by atoms with E-state index in [1.807, 2.05) is 6.92 Å². The highest BCUT2D eigenvalue weighted by Gasteiger charge is 2.20. The van der Waals surface area contributed by atoms with Gasteiger partial charge in [0.1, 0.15) is 6.26 Å². The number of hydrogen-bond donors (Lipinski definition) is 1. The van der Waals surface area contributed by atoms with E-state index in [4.69, 9.17) is 4.42 Å². The van der Waals surface area contributed by atoms with Gasteiger partial charge in [0.2, 0.25) is 5.95 Å². The molecule has 112 valence electrons. The first-order chi connectivity index (χ1) is 10.3. The summed E-state index contributed by atoms with van der Waals surface area (Å²) in [6.45, 7) is 4.98. The molecular weight excluding hydrogens is 268 g/mol. The lowest BCUT2D eigenvalue weighted by molar-refractivity contribution is 0.213. The number of likely N-dealkylation sites (tertiary alicyclic amines) is 1. The molecule has 0 aromatic carbocycles. The summed E-state index contributed by atoms with van der Waals surface area (Å²) in [4.78, 5) is 10.9. The van der Waals surface area contributed by atoms with Crippen LogP contribution < -0.4 is 5.32 Å². The lowest BCUT2D eigenvalue weighted by Gasteiger charge is -2.32. The van der Waals surface area contributed by atoms with Gasteiger partial charge in [-0.15, -0.1) is 5.10 Å². The maximum absolute atomic E-state index is 5.28. The number of nitrogens with zero attached hydrogens (tertiary/aromatic N) is 5. The first kappa shape index (κ1) is 13.9. The van der Waals surface area contributed by atoms with Crippen molar-refractivity contribution in [3.05, 3.63) is 30.2 Å². The summed E-state index contributed by atoms with van der Waals surface area (Å²) in [7, 11) is 0. The van der Waals surface area contributed by atoms with Crippen molar-refractivity contribution >= 4 is 5.95 Å². The normalized spacial score (nSPS) is 19.6. The molecule has 0 amide bonds. The van der Waals surface area contributed by atoms with Crippen LogP contribution in [0.15, 0.2) is 23.1 Å². The lowest BCUT2D eigenvalue weighted by Crippen LogP contribution is -2.43. The van der Waals surface area contributed by atoms with Crippen LogP contribution in [0.2, 0.25) is 0 Å². The van der Waals surface area contributed by atoms with Gasteiger partial charge in [0.25, 0.3) is 0 Å². The van der Waals surface area contributed by atoms with Gasteiger partial charge in [0.05, 0.1) is 18.1 Å². The number of piperidine rings is 1. The smallest absolute Gasteiger partial charge is 0.243 e. The molecule has 1 saturated heterocycles. The van der Waals surface area contributed by atoms with E-state index in [0.29, 0.717) is 12.0 Å². The fourth-order valence-corrected chi connectivity index (χ4v) is 2.64. The molecule has 0 unspecified atom stereocenters. The molecule has 2 aromatic rings. The molecule has 7 nitrogen and oxygen atoms in total. The summed E-state index contributed by atoms with van der Waals surface area (Å²) >= 11 is 0. The third-order valence-electron chi connectivity index (χ3n) is 3.64. The van der Waals surface area contributed by atoms with Gasteiger partial charge in [0, 0.05) is 25.6 Å². The second kappa shape index (κ2) is 6.62. The lowest BCUT2D eigenvalue weighted by atomic mass is 10.1. The molecule has 1 aliphatic rings. The minimum atomic E-state index is 0.368. The molecule has 3 heterocycles. The van der Waals surface area contributed by atoms with Crippen LogP contribution in [0.5, 0.6) is 0 Å². The van der Waals surface area contributed by atoms with E-state index in [1.54, 1.807) is 18.7 Å². The van der Waals surface area contributed by atoms with Gasteiger partial charge in [-0.3, -0.25) is 0 Å². The van der Waals surface area contributed by atoms with Gasteiger partial charge in [-0.1, -0.05) is 0 Å². The Balaban J connectivity index is 1.51. The molecule has 7 heteroatoms. The van der Waals surface area contributed by atoms with Crippen LogP contribution >= 0.6 is 0 Å². The Hall–Kier alpha value is -2.02. The van der Waals surface area contributed by atoms with Crippen LogP contribution in [0.1, 0.15) is 24.4 Å². The summed E-state index contributed by atoms with van der Waals surface area (Å²) in [5, 5.41) is 11.3. The Morgan fingerprint density at radius 3 is 3.24 bits per heavy atom. The minimum Gasteiger partial charge on any atom is -0.449 e. The molecule has 0 bridgehead atoms. The minimum absolute atomic E-state index is 0.368. The van der Waals surface area contributed by atoms with Gasteiger partial charge in [-0.25, -0.2) is 9.97 Å². The quantitative estimate of drug-likeness (QED) is 0.887. The third kappa shape index (κ3) is 3.98. The number of oxazole rings is 1. The topological polar surface area (TPSA) is 80.0 Å². The van der Waals surface area contributed by atoms with Crippen LogP contribution in [0.4, 0.5) is 5.95 Å². The van der Waals surface area contributed by atoms with Crippen molar-refractivity contribution in [2.24, 2.45) is 0 Å². The van der Waals surface area contributed by atoms with Gasteiger partial charge < -0.3 is 14.6 Å². The van der Waals surface area contributed by atoms with E-state index in [2.05, 4.69) is 30.4 Å². The molecule has 2 aromatic heterocycles. The largest absolute Gasteiger partial charge is 0.449 e. The fraction of sp³-hybridized carbons (Fsp3) is 0.571. The van der Waals surface area contributed by atoms with Crippen molar-refractivity contribution in [2.75, 3.05) is 25.0 Å². The van der Waals surface area contributed by atoms with E-state index >= 15 is 0 Å². The molecule has 3 rings (SSSR count). The standard InChI is InChI=1S/C14H20N6O/c1-11-9-16-19-14(17-11)18-12-3-2-6-20(10-12)7-4-13-15-5-8-21-13/h5,8-9,12H,2-4,6-7,10H2,1H3,(H,17,18,19)/t12-/m1/s1. The van der Waals surface area contributed by atoms with Crippen molar-refractivity contribution in [2.45, 2.75) is 32.2 Å². The van der Waals surface area contributed by atoms with Crippen molar-refractivity contribution in [1.29, 1.82) is 0 Å². The van der Waals surface area contributed by atoms with Crippen LogP contribution in [-0.2, 0) is 6.42 Å². The monoisotopic (exact) mass is 288 g/mol. The highest BCUT2D eigenvalue weighted by atomic mass is 16.3. The number of aryl methyl sites for hydroxylation is 1. The van der Waals surface area contributed by atoms with Gasteiger partial charge >= 0.3 is 0 Å². The molecule has 0 saturated carbocycles. The Bertz CT molecular complexity index is 558. The first-order valence-corrected chi connectivity index (χ1v) is 7.33. The molecular formula is C14H20N6O. The number of anilines is 1. The van der Waals surface area contributed by atoms with Gasteiger partial charge in [-0.05, 0) is 26.3 Å². The average molecular weight is 288 g/mol. The Morgan fingerprint density at radius 2 is 2.43 bits per heavy atom. The zero-order chi connectivity index (χ0) is 14.5. The predicted octanol–water partition coefficient (Wildman–Crippen LogP) is 1.29. The Labute approximate surface area is 123 Å². The molecule has 21 heavy (non-hydrogen) atoms. The molecule has 1 aliphatic heterocycles. The summed E-state index contributed by atoms with van der Waals surface area (Å²) in [6, 6.07) is 0.368. The Morgan fingerprint density at radius 1 is 1.48 bits per heavy atom. The van der Waals surface area contributed by atoms with E-state index in [1.165, 1.54) is 6.42 Å². The highest BCUT2D eigenvalue weighted by Crippen LogP contribution is 2.14. The average Bonchev–Trinajstić information content (AvgIpc) is 2.99. The van der Waals surface area contributed by atoms with E-state index in [9.17, 15) is 0 Å². The number of hydrogen-bond acceptors (Lipinski definition) is 7. The van der Waals surface area contributed by atoms with E-state index in [0.717, 1.165) is 44.1 Å². The van der Waals surface area contributed by atoms with E-state index < -0.39 is 0 Å². The molecule has 1 fully saturated rings. The third-order valence-corrected chi connectivity index (χ3v) is 3.64. The van der Waals surface area contributed by atoms with Crippen molar-refractivity contribution in [1.82, 2.24) is 25.1 Å². The second-order valence-corrected chi connectivity index (χ2v) is 5.38. The predicted molar refractivity (Wildman–Crippen MR) is 77.9 cm³/mol. The number of nitrogens with one attached hydrogen (secondary N) is 1. The van der Waals surface area contributed by atoms with Gasteiger partial charge in [-0.2, -0.15) is 5.10 Å². The highest BCUT2D eigenvalue weighted by molar-refractivity contribution is 5.24. The SMILES string of the molecule is Cc1cnnc(N[C@@H]2CCCN(CCc3ncco3)C2)n1. The van der Waals surface area contributed by atoms with Crippen LogP contribution in [0, 0.1) is 6.92 Å². The maximum Gasteiger partial charge on any atom is 0.243 e. The van der Waals surface area contributed by atoms with Crippen molar-refractivity contribution in [3.8, 4) is 0 Å². The molecule has 0 spiro atoms.